The van der Waals surface area contributed by atoms with Crippen LogP contribution in [0.5, 0.6) is 11.5 Å². The molecule has 0 bridgehead atoms. The number of ether oxygens (including phenoxy) is 2. The second-order valence-electron chi connectivity index (χ2n) is 7.96. The molecule has 2 heterocycles. The van der Waals surface area contributed by atoms with E-state index in [4.69, 9.17) is 9.47 Å². The van der Waals surface area contributed by atoms with Crippen LogP contribution in [0.4, 0.5) is 0 Å². The zero-order valence-electron chi connectivity index (χ0n) is 18.8. The minimum atomic E-state index is -3.19. The van der Waals surface area contributed by atoms with Gasteiger partial charge in [0.15, 0.2) is 21.3 Å². The zero-order valence-corrected chi connectivity index (χ0v) is 20.4. The van der Waals surface area contributed by atoms with Crippen molar-refractivity contribution in [2.75, 3.05) is 25.7 Å². The van der Waals surface area contributed by atoms with E-state index < -0.39 is 15.9 Å². The van der Waals surface area contributed by atoms with E-state index in [0.717, 1.165) is 21.0 Å². The van der Waals surface area contributed by atoms with Gasteiger partial charge >= 0.3 is 0 Å². The van der Waals surface area contributed by atoms with E-state index in [1.165, 1.54) is 11.3 Å². The number of aromatic nitrogens is 1. The molecular weight excluding hydrogens is 460 g/mol. The number of aryl methyl sites for hydroxylation is 1. The minimum absolute atomic E-state index is 0.0458. The van der Waals surface area contributed by atoms with Crippen molar-refractivity contribution >= 4 is 27.1 Å². The Bertz CT molecular complexity index is 1260. The highest BCUT2D eigenvalue weighted by Gasteiger charge is 2.36. The average Bonchev–Trinajstić information content (AvgIpc) is 3.39. The summed E-state index contributed by atoms with van der Waals surface area (Å²) in [6.45, 7) is 2.11. The first kappa shape index (κ1) is 23.3. The Kier molecular flexibility index (Phi) is 6.71. The van der Waals surface area contributed by atoms with Crippen molar-refractivity contribution in [2.45, 2.75) is 25.9 Å². The van der Waals surface area contributed by atoms with Gasteiger partial charge in [0, 0.05) is 12.6 Å². The van der Waals surface area contributed by atoms with Crippen LogP contribution in [0.15, 0.2) is 48.5 Å². The largest absolute Gasteiger partial charge is 0.493 e. The maximum Gasteiger partial charge on any atom is 0.274 e. The molecule has 0 saturated carbocycles. The predicted molar refractivity (Wildman–Crippen MR) is 129 cm³/mol. The SMILES string of the molecule is COc1ccc(CN(C(=O)c2nc(C)sc2-c2ccccc2)C2CCS(=O)(=O)C2)cc1OC. The fourth-order valence-electron chi connectivity index (χ4n) is 4.06. The molecule has 7 nitrogen and oxygen atoms in total. The van der Waals surface area contributed by atoms with Crippen molar-refractivity contribution in [1.29, 1.82) is 0 Å². The summed E-state index contributed by atoms with van der Waals surface area (Å²) in [5.74, 6) is 0.903. The summed E-state index contributed by atoms with van der Waals surface area (Å²) < 4.78 is 35.2. The smallest absolute Gasteiger partial charge is 0.274 e. The molecule has 1 saturated heterocycles. The van der Waals surface area contributed by atoms with Crippen molar-refractivity contribution in [2.24, 2.45) is 0 Å². The molecule has 0 spiro atoms. The Balaban J connectivity index is 1.73. The van der Waals surface area contributed by atoms with Crippen LogP contribution < -0.4 is 9.47 Å². The standard InChI is InChI=1S/C24H26N2O5S2/c1-16-25-22(23(32-16)18-7-5-4-6-8-18)24(27)26(19-11-12-33(28,29)15-19)14-17-9-10-20(30-2)21(13-17)31-3/h4-10,13,19H,11-12,14-15H2,1-3H3. The van der Waals surface area contributed by atoms with Crippen molar-refractivity contribution in [3.63, 3.8) is 0 Å². The highest BCUT2D eigenvalue weighted by molar-refractivity contribution is 7.91. The quantitative estimate of drug-likeness (QED) is 0.502. The Morgan fingerprint density at radius 3 is 2.48 bits per heavy atom. The van der Waals surface area contributed by atoms with E-state index in [2.05, 4.69) is 4.98 Å². The fourth-order valence-corrected chi connectivity index (χ4v) is 6.70. The van der Waals surface area contributed by atoms with Crippen LogP contribution in [0, 0.1) is 6.92 Å². The van der Waals surface area contributed by atoms with Gasteiger partial charge in [-0.2, -0.15) is 0 Å². The number of thiazole rings is 1. The van der Waals surface area contributed by atoms with Crippen LogP contribution in [0.2, 0.25) is 0 Å². The van der Waals surface area contributed by atoms with Crippen LogP contribution in [0.3, 0.4) is 0 Å². The number of hydrogen-bond acceptors (Lipinski definition) is 7. The normalized spacial score (nSPS) is 17.0. The number of methoxy groups -OCH3 is 2. The summed E-state index contributed by atoms with van der Waals surface area (Å²) in [5.41, 5.74) is 2.09. The van der Waals surface area contributed by atoms with Crippen molar-refractivity contribution < 1.29 is 22.7 Å². The molecule has 1 aliphatic rings. The third-order valence-electron chi connectivity index (χ3n) is 5.68. The summed E-state index contributed by atoms with van der Waals surface area (Å²) in [6, 6.07) is 14.7. The van der Waals surface area contributed by atoms with E-state index in [0.29, 0.717) is 23.6 Å². The molecule has 0 aliphatic carbocycles. The molecule has 1 aromatic heterocycles. The van der Waals surface area contributed by atoms with E-state index in [-0.39, 0.29) is 24.0 Å². The van der Waals surface area contributed by atoms with Crippen LogP contribution in [0.1, 0.15) is 27.5 Å². The van der Waals surface area contributed by atoms with Gasteiger partial charge in [-0.15, -0.1) is 11.3 Å². The summed E-state index contributed by atoms with van der Waals surface area (Å²) in [5, 5.41) is 0.780. The van der Waals surface area contributed by atoms with Gasteiger partial charge in [0.1, 0.15) is 5.69 Å². The third kappa shape index (κ3) is 5.04. The molecule has 1 atom stereocenters. The number of sulfone groups is 1. The molecule has 1 aliphatic heterocycles. The van der Waals surface area contributed by atoms with Crippen LogP contribution in [-0.4, -0.2) is 56.0 Å². The minimum Gasteiger partial charge on any atom is -0.493 e. The molecule has 1 fully saturated rings. The number of carbonyl (C=O) groups is 1. The van der Waals surface area contributed by atoms with E-state index in [1.807, 2.05) is 49.4 Å². The van der Waals surface area contributed by atoms with Gasteiger partial charge in [-0.1, -0.05) is 36.4 Å². The van der Waals surface area contributed by atoms with Crippen molar-refractivity contribution in [3.8, 4) is 21.9 Å². The summed E-state index contributed by atoms with van der Waals surface area (Å²) >= 11 is 1.46. The van der Waals surface area contributed by atoms with Crippen LogP contribution in [-0.2, 0) is 16.4 Å². The van der Waals surface area contributed by atoms with Gasteiger partial charge in [0.25, 0.3) is 5.91 Å². The molecule has 4 rings (SSSR count). The van der Waals surface area contributed by atoms with Gasteiger partial charge < -0.3 is 14.4 Å². The van der Waals surface area contributed by atoms with E-state index in [1.54, 1.807) is 25.2 Å². The van der Waals surface area contributed by atoms with Gasteiger partial charge in [0.2, 0.25) is 0 Å². The molecule has 1 unspecified atom stereocenters. The molecule has 33 heavy (non-hydrogen) atoms. The fraction of sp³-hybridized carbons (Fsp3) is 0.333. The lowest BCUT2D eigenvalue weighted by Gasteiger charge is -2.28. The van der Waals surface area contributed by atoms with Gasteiger partial charge in [-0.25, -0.2) is 13.4 Å². The lowest BCUT2D eigenvalue weighted by molar-refractivity contribution is 0.0676. The summed E-state index contributed by atoms with van der Waals surface area (Å²) in [6.07, 6.45) is 0.408. The molecule has 0 N–H and O–H groups in total. The number of benzene rings is 2. The number of carbonyl (C=O) groups excluding carboxylic acids is 1. The molecular formula is C24H26N2O5S2. The van der Waals surface area contributed by atoms with Gasteiger partial charge in [-0.05, 0) is 36.6 Å². The maximum absolute atomic E-state index is 13.9. The van der Waals surface area contributed by atoms with Crippen LogP contribution in [0.25, 0.3) is 10.4 Å². The predicted octanol–water partition coefficient (Wildman–Crippen LogP) is 3.97. The lowest BCUT2D eigenvalue weighted by atomic mass is 10.1. The number of rotatable bonds is 7. The number of nitrogens with zero attached hydrogens (tertiary/aromatic N) is 2. The lowest BCUT2D eigenvalue weighted by Crippen LogP contribution is -2.41. The number of amides is 1. The Labute approximate surface area is 197 Å². The van der Waals surface area contributed by atoms with Crippen molar-refractivity contribution in [1.82, 2.24) is 9.88 Å². The van der Waals surface area contributed by atoms with Crippen molar-refractivity contribution in [3.05, 3.63) is 64.8 Å². The molecule has 3 aromatic rings. The first-order chi connectivity index (χ1) is 15.8. The van der Waals surface area contributed by atoms with Gasteiger partial charge in [-0.3, -0.25) is 4.79 Å². The second kappa shape index (κ2) is 9.52. The zero-order chi connectivity index (χ0) is 23.6. The summed E-state index contributed by atoms with van der Waals surface area (Å²) in [4.78, 5) is 20.8. The maximum atomic E-state index is 13.9. The Hall–Kier alpha value is -2.91. The van der Waals surface area contributed by atoms with E-state index in [9.17, 15) is 13.2 Å². The second-order valence-corrected chi connectivity index (χ2v) is 11.4. The summed E-state index contributed by atoms with van der Waals surface area (Å²) in [7, 11) is -0.0696. The molecule has 1 amide bonds. The molecule has 9 heteroatoms. The third-order valence-corrected chi connectivity index (χ3v) is 8.45. The Morgan fingerprint density at radius 1 is 1.12 bits per heavy atom. The molecule has 0 radical (unpaired) electrons. The first-order valence-electron chi connectivity index (χ1n) is 10.6. The molecule has 174 valence electrons. The van der Waals surface area contributed by atoms with Gasteiger partial charge in [0.05, 0.1) is 35.6 Å². The molecule has 2 aromatic carbocycles. The highest BCUT2D eigenvalue weighted by atomic mass is 32.2. The monoisotopic (exact) mass is 486 g/mol. The Morgan fingerprint density at radius 2 is 1.85 bits per heavy atom. The first-order valence-corrected chi connectivity index (χ1v) is 13.2. The average molecular weight is 487 g/mol. The van der Waals surface area contributed by atoms with Crippen LogP contribution >= 0.6 is 11.3 Å². The van der Waals surface area contributed by atoms with E-state index >= 15 is 0 Å². The number of hydrogen-bond donors (Lipinski definition) is 0. The topological polar surface area (TPSA) is 85.8 Å². The highest BCUT2D eigenvalue weighted by Crippen LogP contribution is 2.33.